The van der Waals surface area contributed by atoms with E-state index in [1.54, 1.807) is 0 Å². The third-order valence-electron chi connectivity index (χ3n) is 5.94. The van der Waals surface area contributed by atoms with E-state index in [-0.39, 0.29) is 6.03 Å². The highest BCUT2D eigenvalue weighted by Crippen LogP contribution is 2.29. The van der Waals surface area contributed by atoms with Gasteiger partial charge in [-0.15, -0.1) is 0 Å². The summed E-state index contributed by atoms with van der Waals surface area (Å²) in [6.45, 7) is 8.91. The van der Waals surface area contributed by atoms with Crippen molar-refractivity contribution in [2.24, 2.45) is 11.8 Å². The summed E-state index contributed by atoms with van der Waals surface area (Å²) in [6.07, 6.45) is 7.65. The third-order valence-corrected chi connectivity index (χ3v) is 5.94. The summed E-state index contributed by atoms with van der Waals surface area (Å²) >= 11 is 0. The van der Waals surface area contributed by atoms with Crippen molar-refractivity contribution in [3.63, 3.8) is 0 Å². The molecule has 21 heavy (non-hydrogen) atoms. The Labute approximate surface area is 129 Å². The lowest BCUT2D eigenvalue weighted by molar-refractivity contribution is 0.168. The molecule has 2 aliphatic heterocycles. The number of hydrogen-bond acceptors (Lipinski definition) is 2. The maximum Gasteiger partial charge on any atom is 0.317 e. The summed E-state index contributed by atoms with van der Waals surface area (Å²) in [4.78, 5) is 17.2. The largest absolute Gasteiger partial charge is 0.335 e. The Bertz CT molecular complexity index is 357. The molecule has 120 valence electrons. The second-order valence-electron chi connectivity index (χ2n) is 7.49. The van der Waals surface area contributed by atoms with E-state index >= 15 is 0 Å². The molecule has 2 heterocycles. The molecule has 0 radical (unpaired) electrons. The molecule has 2 amide bonds. The minimum Gasteiger partial charge on any atom is -0.335 e. The van der Waals surface area contributed by atoms with E-state index in [9.17, 15) is 4.79 Å². The molecule has 1 N–H and O–H groups in total. The van der Waals surface area contributed by atoms with Gasteiger partial charge in [0.2, 0.25) is 0 Å². The highest BCUT2D eigenvalue weighted by atomic mass is 16.2. The second kappa shape index (κ2) is 6.55. The number of amides is 2. The Morgan fingerprint density at radius 2 is 1.62 bits per heavy atom. The van der Waals surface area contributed by atoms with Crippen molar-refractivity contribution in [2.75, 3.05) is 26.2 Å². The number of carbonyl (C=O) groups excluding carboxylic acids is 1. The molecule has 0 aromatic rings. The summed E-state index contributed by atoms with van der Waals surface area (Å²) in [5.74, 6) is 1.24. The van der Waals surface area contributed by atoms with Crippen LogP contribution >= 0.6 is 0 Å². The lowest BCUT2D eigenvalue weighted by Crippen LogP contribution is -2.51. The fraction of sp³-hybridized carbons (Fsp3) is 0.941. The van der Waals surface area contributed by atoms with Gasteiger partial charge in [0.1, 0.15) is 0 Å². The fourth-order valence-corrected chi connectivity index (χ4v) is 4.53. The van der Waals surface area contributed by atoms with Gasteiger partial charge < -0.3 is 10.2 Å². The SMILES string of the molecule is C[C@@H]1CCC[C@H](C)C1NC(=O)N1CC[C@@H](N2CCCC2)C1. The van der Waals surface area contributed by atoms with Crippen molar-refractivity contribution in [1.29, 1.82) is 0 Å². The number of urea groups is 1. The average Bonchev–Trinajstić information content (AvgIpc) is 3.12. The Hall–Kier alpha value is -0.770. The zero-order chi connectivity index (χ0) is 14.8. The summed E-state index contributed by atoms with van der Waals surface area (Å²) in [5, 5.41) is 3.34. The zero-order valence-corrected chi connectivity index (χ0v) is 13.7. The van der Waals surface area contributed by atoms with Crippen LogP contribution in [0.2, 0.25) is 0 Å². The zero-order valence-electron chi connectivity index (χ0n) is 13.7. The molecular weight excluding hydrogens is 262 g/mol. The van der Waals surface area contributed by atoms with Crippen molar-refractivity contribution in [3.8, 4) is 0 Å². The molecule has 4 heteroatoms. The third kappa shape index (κ3) is 3.36. The molecule has 1 saturated carbocycles. The molecule has 1 unspecified atom stereocenters. The minimum absolute atomic E-state index is 0.183. The standard InChI is InChI=1S/C17H31N3O/c1-13-6-5-7-14(2)16(13)18-17(21)20-11-8-15(12-20)19-9-3-4-10-19/h13-16H,3-12H2,1-2H3,(H,18,21)/t13-,14+,15-,16?/m1/s1. The van der Waals surface area contributed by atoms with Gasteiger partial charge in [-0.05, 0) is 57.0 Å². The predicted octanol–water partition coefficient (Wildman–Crippen LogP) is 2.69. The van der Waals surface area contributed by atoms with Gasteiger partial charge in [-0.2, -0.15) is 0 Å². The van der Waals surface area contributed by atoms with Crippen LogP contribution in [0.5, 0.6) is 0 Å². The van der Waals surface area contributed by atoms with E-state index in [0.29, 0.717) is 23.9 Å². The van der Waals surface area contributed by atoms with Gasteiger partial charge in [0.25, 0.3) is 0 Å². The van der Waals surface area contributed by atoms with E-state index < -0.39 is 0 Å². The number of nitrogens with one attached hydrogen (secondary N) is 1. The molecule has 2 saturated heterocycles. The monoisotopic (exact) mass is 293 g/mol. The first kappa shape index (κ1) is 15.1. The van der Waals surface area contributed by atoms with Crippen LogP contribution in [-0.2, 0) is 0 Å². The smallest absolute Gasteiger partial charge is 0.317 e. The quantitative estimate of drug-likeness (QED) is 0.849. The summed E-state index contributed by atoms with van der Waals surface area (Å²) < 4.78 is 0. The van der Waals surface area contributed by atoms with Gasteiger partial charge >= 0.3 is 6.03 Å². The first-order chi connectivity index (χ1) is 10.1. The molecule has 3 rings (SSSR count). The number of hydrogen-bond donors (Lipinski definition) is 1. The van der Waals surface area contributed by atoms with Crippen molar-refractivity contribution in [3.05, 3.63) is 0 Å². The van der Waals surface area contributed by atoms with E-state index in [2.05, 4.69) is 29.0 Å². The van der Waals surface area contributed by atoms with Crippen LogP contribution in [0.4, 0.5) is 4.79 Å². The lowest BCUT2D eigenvalue weighted by Gasteiger charge is -2.36. The fourth-order valence-electron chi connectivity index (χ4n) is 4.53. The van der Waals surface area contributed by atoms with Gasteiger partial charge in [-0.3, -0.25) is 4.90 Å². The van der Waals surface area contributed by atoms with Crippen LogP contribution in [0.1, 0.15) is 52.4 Å². The topological polar surface area (TPSA) is 35.6 Å². The molecule has 4 nitrogen and oxygen atoms in total. The first-order valence-corrected chi connectivity index (χ1v) is 8.94. The van der Waals surface area contributed by atoms with Crippen LogP contribution in [0, 0.1) is 11.8 Å². The summed E-state index contributed by atoms with van der Waals surface area (Å²) in [5.41, 5.74) is 0. The molecule has 3 aliphatic rings. The highest BCUT2D eigenvalue weighted by molar-refractivity contribution is 5.75. The minimum atomic E-state index is 0.183. The van der Waals surface area contributed by atoms with Crippen LogP contribution in [0.15, 0.2) is 0 Å². The van der Waals surface area contributed by atoms with E-state index in [1.807, 2.05) is 0 Å². The van der Waals surface area contributed by atoms with E-state index in [1.165, 1.54) is 45.2 Å². The van der Waals surface area contributed by atoms with E-state index in [4.69, 9.17) is 0 Å². The number of likely N-dealkylation sites (tertiary alicyclic amines) is 2. The highest BCUT2D eigenvalue weighted by Gasteiger charge is 2.34. The number of carbonyl (C=O) groups is 1. The Morgan fingerprint density at radius 3 is 2.29 bits per heavy atom. The van der Waals surface area contributed by atoms with Crippen LogP contribution in [0.3, 0.4) is 0 Å². The Balaban J connectivity index is 1.51. The number of nitrogens with zero attached hydrogens (tertiary/aromatic N) is 2. The molecule has 4 atom stereocenters. The van der Waals surface area contributed by atoms with Crippen molar-refractivity contribution < 1.29 is 4.79 Å². The van der Waals surface area contributed by atoms with Crippen molar-refractivity contribution in [2.45, 2.75) is 64.5 Å². The first-order valence-electron chi connectivity index (χ1n) is 8.94. The lowest BCUT2D eigenvalue weighted by atomic mass is 9.79. The Morgan fingerprint density at radius 1 is 0.952 bits per heavy atom. The van der Waals surface area contributed by atoms with Crippen LogP contribution < -0.4 is 5.32 Å². The van der Waals surface area contributed by atoms with Gasteiger partial charge in [0.05, 0.1) is 0 Å². The van der Waals surface area contributed by atoms with Crippen LogP contribution in [-0.4, -0.2) is 54.1 Å². The second-order valence-corrected chi connectivity index (χ2v) is 7.49. The number of rotatable bonds is 2. The normalized spacial score (nSPS) is 37.9. The molecule has 0 aromatic heterocycles. The summed E-state index contributed by atoms with van der Waals surface area (Å²) in [6, 6.07) is 1.17. The van der Waals surface area contributed by atoms with Gasteiger partial charge in [-0.25, -0.2) is 4.79 Å². The molecule has 1 aliphatic carbocycles. The predicted molar refractivity (Wildman–Crippen MR) is 85.3 cm³/mol. The van der Waals surface area contributed by atoms with Gasteiger partial charge in [0, 0.05) is 25.2 Å². The van der Waals surface area contributed by atoms with Gasteiger partial charge in [-0.1, -0.05) is 20.3 Å². The Kier molecular flexibility index (Phi) is 4.72. The van der Waals surface area contributed by atoms with Crippen LogP contribution in [0.25, 0.3) is 0 Å². The van der Waals surface area contributed by atoms with Crippen molar-refractivity contribution in [1.82, 2.24) is 15.1 Å². The van der Waals surface area contributed by atoms with Gasteiger partial charge in [0.15, 0.2) is 0 Å². The van der Waals surface area contributed by atoms with Crippen molar-refractivity contribution >= 4 is 6.03 Å². The molecule has 0 aromatic carbocycles. The summed E-state index contributed by atoms with van der Waals surface area (Å²) in [7, 11) is 0. The molecule has 0 spiro atoms. The maximum absolute atomic E-state index is 12.6. The average molecular weight is 293 g/mol. The maximum atomic E-state index is 12.6. The molecule has 3 fully saturated rings. The van der Waals surface area contributed by atoms with E-state index in [0.717, 1.165) is 19.5 Å². The molecule has 0 bridgehead atoms. The molecular formula is C17H31N3O.